The molecular formula is C15H22N2O3S. The average Bonchev–Trinajstić information content (AvgIpc) is 2.45. The zero-order valence-electron chi connectivity index (χ0n) is 12.5. The van der Waals surface area contributed by atoms with E-state index in [1.165, 1.54) is 11.8 Å². The van der Waals surface area contributed by atoms with E-state index in [0.29, 0.717) is 37.4 Å². The Bertz CT molecular complexity index is 492. The van der Waals surface area contributed by atoms with Crippen molar-refractivity contribution in [3.63, 3.8) is 0 Å². The van der Waals surface area contributed by atoms with Gasteiger partial charge in [0.1, 0.15) is 0 Å². The molecule has 21 heavy (non-hydrogen) atoms. The highest BCUT2D eigenvalue weighted by Gasteiger charge is 2.06. The SMILES string of the molecule is CCOC(=O)CCCNC(=O)CSc1cc(N)ccc1C. The summed E-state index contributed by atoms with van der Waals surface area (Å²) in [5.41, 5.74) is 7.52. The molecule has 0 aliphatic rings. The number of nitrogens with one attached hydrogen (secondary N) is 1. The summed E-state index contributed by atoms with van der Waals surface area (Å²) in [6.45, 7) is 4.63. The molecule has 0 fully saturated rings. The molecule has 1 rings (SSSR count). The molecule has 0 heterocycles. The van der Waals surface area contributed by atoms with Gasteiger partial charge in [-0.05, 0) is 38.0 Å². The molecule has 0 aromatic heterocycles. The second-order valence-corrected chi connectivity index (χ2v) is 5.59. The van der Waals surface area contributed by atoms with Crippen molar-refractivity contribution >= 4 is 29.3 Å². The topological polar surface area (TPSA) is 81.4 Å². The fourth-order valence-electron chi connectivity index (χ4n) is 1.66. The number of rotatable bonds is 8. The van der Waals surface area contributed by atoms with Crippen LogP contribution >= 0.6 is 11.8 Å². The van der Waals surface area contributed by atoms with Crippen LogP contribution in [0.3, 0.4) is 0 Å². The number of nitrogens with two attached hydrogens (primary N) is 1. The number of aryl methyl sites for hydroxylation is 1. The molecule has 0 aliphatic carbocycles. The molecule has 116 valence electrons. The predicted octanol–water partition coefficient (Wildman–Crippen LogP) is 2.13. The molecule has 6 heteroatoms. The minimum Gasteiger partial charge on any atom is -0.466 e. The maximum atomic E-state index is 11.7. The molecule has 0 saturated carbocycles. The quantitative estimate of drug-likeness (QED) is 0.333. The summed E-state index contributed by atoms with van der Waals surface area (Å²) in [5, 5.41) is 2.79. The van der Waals surface area contributed by atoms with Gasteiger partial charge in [-0.2, -0.15) is 0 Å². The van der Waals surface area contributed by atoms with Gasteiger partial charge in [-0.3, -0.25) is 9.59 Å². The summed E-state index contributed by atoms with van der Waals surface area (Å²) in [4.78, 5) is 23.8. The number of benzene rings is 1. The zero-order chi connectivity index (χ0) is 15.7. The van der Waals surface area contributed by atoms with E-state index >= 15 is 0 Å². The van der Waals surface area contributed by atoms with Gasteiger partial charge in [-0.25, -0.2) is 0 Å². The number of ether oxygens (including phenoxy) is 1. The van der Waals surface area contributed by atoms with Gasteiger partial charge in [-0.1, -0.05) is 6.07 Å². The second-order valence-electron chi connectivity index (χ2n) is 4.57. The number of carbonyl (C=O) groups excluding carboxylic acids is 2. The number of hydrogen-bond acceptors (Lipinski definition) is 5. The molecule has 1 amide bonds. The van der Waals surface area contributed by atoms with Crippen LogP contribution in [0.25, 0.3) is 0 Å². The number of thioether (sulfide) groups is 1. The highest BCUT2D eigenvalue weighted by molar-refractivity contribution is 8.00. The van der Waals surface area contributed by atoms with Crippen molar-refractivity contribution in [2.24, 2.45) is 0 Å². The molecular weight excluding hydrogens is 288 g/mol. The van der Waals surface area contributed by atoms with Crippen LogP contribution in [0.1, 0.15) is 25.3 Å². The van der Waals surface area contributed by atoms with Crippen LogP contribution in [0.2, 0.25) is 0 Å². The van der Waals surface area contributed by atoms with Gasteiger partial charge in [0.05, 0.1) is 12.4 Å². The van der Waals surface area contributed by atoms with Crippen molar-refractivity contribution in [2.75, 3.05) is 24.6 Å². The molecule has 0 saturated heterocycles. The van der Waals surface area contributed by atoms with Crippen molar-refractivity contribution in [3.05, 3.63) is 23.8 Å². The summed E-state index contributed by atoms with van der Waals surface area (Å²) in [6.07, 6.45) is 0.919. The maximum absolute atomic E-state index is 11.7. The third-order valence-corrected chi connectivity index (χ3v) is 3.91. The lowest BCUT2D eigenvalue weighted by atomic mass is 10.2. The first-order valence-electron chi connectivity index (χ1n) is 6.94. The first-order chi connectivity index (χ1) is 10.0. The minimum atomic E-state index is -0.225. The monoisotopic (exact) mass is 310 g/mol. The van der Waals surface area contributed by atoms with E-state index in [9.17, 15) is 9.59 Å². The Morgan fingerprint density at radius 2 is 2.14 bits per heavy atom. The third-order valence-electron chi connectivity index (χ3n) is 2.76. The summed E-state index contributed by atoms with van der Waals surface area (Å²) in [5.74, 6) is 0.0613. The predicted molar refractivity (Wildman–Crippen MR) is 85.2 cm³/mol. The van der Waals surface area contributed by atoms with Crippen molar-refractivity contribution in [1.82, 2.24) is 5.32 Å². The van der Waals surface area contributed by atoms with Gasteiger partial charge in [0.2, 0.25) is 5.91 Å². The fraction of sp³-hybridized carbons (Fsp3) is 0.467. The Kier molecular flexibility index (Phi) is 7.68. The van der Waals surface area contributed by atoms with E-state index in [1.54, 1.807) is 6.92 Å². The van der Waals surface area contributed by atoms with Gasteiger partial charge in [0, 0.05) is 23.5 Å². The van der Waals surface area contributed by atoms with Crippen molar-refractivity contribution in [2.45, 2.75) is 31.6 Å². The highest BCUT2D eigenvalue weighted by atomic mass is 32.2. The number of carbonyl (C=O) groups is 2. The van der Waals surface area contributed by atoms with Crippen LogP contribution < -0.4 is 11.1 Å². The van der Waals surface area contributed by atoms with E-state index in [0.717, 1.165) is 10.5 Å². The number of nitrogen functional groups attached to an aromatic ring is 1. The van der Waals surface area contributed by atoms with Gasteiger partial charge in [-0.15, -0.1) is 11.8 Å². The second kappa shape index (κ2) is 9.28. The zero-order valence-corrected chi connectivity index (χ0v) is 13.3. The average molecular weight is 310 g/mol. The Balaban J connectivity index is 2.22. The van der Waals surface area contributed by atoms with Crippen molar-refractivity contribution in [1.29, 1.82) is 0 Å². The molecule has 0 unspecified atom stereocenters. The van der Waals surface area contributed by atoms with Gasteiger partial charge < -0.3 is 15.8 Å². The van der Waals surface area contributed by atoms with E-state index < -0.39 is 0 Å². The summed E-state index contributed by atoms with van der Waals surface area (Å²) >= 11 is 1.46. The van der Waals surface area contributed by atoms with E-state index in [1.807, 2.05) is 25.1 Å². The molecule has 0 aliphatic heterocycles. The standard InChI is InChI=1S/C15H22N2O3S/c1-3-20-15(19)5-4-8-17-14(18)10-21-13-9-12(16)7-6-11(13)2/h6-7,9H,3-5,8,10,16H2,1-2H3,(H,17,18). The van der Waals surface area contributed by atoms with Crippen molar-refractivity contribution < 1.29 is 14.3 Å². The molecule has 1 aromatic carbocycles. The van der Waals surface area contributed by atoms with E-state index in [-0.39, 0.29) is 11.9 Å². The fourth-order valence-corrected chi connectivity index (χ4v) is 2.56. The van der Waals surface area contributed by atoms with Crippen LogP contribution in [0.15, 0.2) is 23.1 Å². The van der Waals surface area contributed by atoms with Gasteiger partial charge in [0.15, 0.2) is 0 Å². The van der Waals surface area contributed by atoms with Crippen LogP contribution in [0.5, 0.6) is 0 Å². The number of hydrogen-bond donors (Lipinski definition) is 2. The van der Waals surface area contributed by atoms with Gasteiger partial charge in [0.25, 0.3) is 0 Å². The minimum absolute atomic E-state index is 0.0503. The normalized spacial score (nSPS) is 10.2. The van der Waals surface area contributed by atoms with Crippen molar-refractivity contribution in [3.8, 4) is 0 Å². The Morgan fingerprint density at radius 1 is 1.38 bits per heavy atom. The summed E-state index contributed by atoms with van der Waals surface area (Å²) < 4.78 is 4.81. The third kappa shape index (κ3) is 7.04. The van der Waals surface area contributed by atoms with Crippen LogP contribution in [-0.4, -0.2) is 30.8 Å². The lowest BCUT2D eigenvalue weighted by molar-refractivity contribution is -0.143. The number of amides is 1. The first kappa shape index (κ1) is 17.4. The molecule has 5 nitrogen and oxygen atoms in total. The molecule has 3 N–H and O–H groups in total. The first-order valence-corrected chi connectivity index (χ1v) is 7.92. The van der Waals surface area contributed by atoms with Crippen LogP contribution in [-0.2, 0) is 14.3 Å². The molecule has 1 aromatic rings. The number of esters is 1. The van der Waals surface area contributed by atoms with Crippen LogP contribution in [0, 0.1) is 6.92 Å². The molecule has 0 radical (unpaired) electrons. The smallest absolute Gasteiger partial charge is 0.305 e. The Morgan fingerprint density at radius 3 is 2.86 bits per heavy atom. The summed E-state index contributed by atoms with van der Waals surface area (Å²) in [6, 6.07) is 5.65. The number of anilines is 1. The Labute approximate surface area is 129 Å². The molecule has 0 bridgehead atoms. The van der Waals surface area contributed by atoms with E-state index in [4.69, 9.17) is 10.5 Å². The molecule has 0 atom stereocenters. The van der Waals surface area contributed by atoms with Crippen LogP contribution in [0.4, 0.5) is 5.69 Å². The lowest BCUT2D eigenvalue weighted by Crippen LogP contribution is -2.26. The summed E-state index contributed by atoms with van der Waals surface area (Å²) in [7, 11) is 0. The lowest BCUT2D eigenvalue weighted by Gasteiger charge is -2.07. The largest absolute Gasteiger partial charge is 0.466 e. The maximum Gasteiger partial charge on any atom is 0.305 e. The molecule has 0 spiro atoms. The van der Waals surface area contributed by atoms with Gasteiger partial charge >= 0.3 is 5.97 Å². The highest BCUT2D eigenvalue weighted by Crippen LogP contribution is 2.24. The van der Waals surface area contributed by atoms with E-state index in [2.05, 4.69) is 5.32 Å². The Hall–Kier alpha value is -1.69.